The molecule has 0 spiro atoms. The molecule has 148 valence electrons. The number of hydrogen-bond donors (Lipinski definition) is 2. The lowest BCUT2D eigenvalue weighted by atomic mass is 9.92. The zero-order chi connectivity index (χ0) is 20.0. The number of nitrogen functional groups attached to an aromatic ring is 1. The lowest BCUT2D eigenvalue weighted by Gasteiger charge is -2.33. The summed E-state index contributed by atoms with van der Waals surface area (Å²) >= 11 is 0. The van der Waals surface area contributed by atoms with Crippen molar-refractivity contribution >= 4 is 22.7 Å². The van der Waals surface area contributed by atoms with E-state index in [0.717, 1.165) is 53.5 Å². The summed E-state index contributed by atoms with van der Waals surface area (Å²) in [4.78, 5) is 19.9. The Morgan fingerprint density at radius 1 is 1.03 bits per heavy atom. The Labute approximate surface area is 169 Å². The van der Waals surface area contributed by atoms with Gasteiger partial charge in [-0.1, -0.05) is 18.2 Å². The van der Waals surface area contributed by atoms with Crippen LogP contribution < -0.4 is 21.1 Å². The van der Waals surface area contributed by atoms with E-state index in [0.29, 0.717) is 13.2 Å². The minimum absolute atomic E-state index is 0.0896. The molecule has 6 heteroatoms. The molecule has 5 rings (SSSR count). The molecular formula is C23H24N4O2. The first-order valence-electron chi connectivity index (χ1n) is 9.91. The van der Waals surface area contributed by atoms with Gasteiger partial charge in [0, 0.05) is 55.2 Å². The van der Waals surface area contributed by atoms with Crippen LogP contribution in [0.15, 0.2) is 53.3 Å². The fraction of sp³-hybridized carbons (Fsp3) is 0.261. The number of nitrogens with zero attached hydrogens (tertiary/aromatic N) is 2. The van der Waals surface area contributed by atoms with Gasteiger partial charge in [0.15, 0.2) is 0 Å². The molecule has 2 aliphatic rings. The van der Waals surface area contributed by atoms with Crippen LogP contribution in [-0.4, -0.2) is 38.3 Å². The molecule has 1 fully saturated rings. The monoisotopic (exact) mass is 388 g/mol. The molecule has 6 nitrogen and oxygen atoms in total. The number of nitrogens with two attached hydrogens (primary N) is 1. The van der Waals surface area contributed by atoms with Crippen LogP contribution in [0, 0.1) is 0 Å². The molecule has 0 saturated carbocycles. The highest BCUT2D eigenvalue weighted by Crippen LogP contribution is 2.43. The molecular weight excluding hydrogens is 364 g/mol. The summed E-state index contributed by atoms with van der Waals surface area (Å²) in [5, 5.41) is 0. The van der Waals surface area contributed by atoms with Crippen LogP contribution in [0.2, 0.25) is 0 Å². The van der Waals surface area contributed by atoms with Crippen LogP contribution in [-0.2, 0) is 11.2 Å². The highest BCUT2D eigenvalue weighted by atomic mass is 16.5. The quantitative estimate of drug-likeness (QED) is 0.660. The number of aromatic nitrogens is 1. The number of fused-ring (bicyclic) bond motifs is 2. The largest absolute Gasteiger partial charge is 0.399 e. The molecule has 0 atom stereocenters. The number of pyridine rings is 1. The van der Waals surface area contributed by atoms with Crippen LogP contribution in [0.25, 0.3) is 11.3 Å². The Bertz CT molecular complexity index is 1130. The summed E-state index contributed by atoms with van der Waals surface area (Å²) in [5.74, 6) is 0. The lowest BCUT2D eigenvalue weighted by Crippen LogP contribution is -2.36. The van der Waals surface area contributed by atoms with Crippen LogP contribution in [0.5, 0.6) is 0 Å². The third-order valence-electron chi connectivity index (χ3n) is 5.80. The molecule has 0 aliphatic carbocycles. The average Bonchev–Trinajstić information content (AvgIpc) is 2.73. The SMILES string of the molecule is CN1c2ccc(N)cc2Cc2cccc(-c3cc(N4CCOCC4)cc(=O)[nH]3)c21. The zero-order valence-electron chi connectivity index (χ0n) is 16.4. The summed E-state index contributed by atoms with van der Waals surface area (Å²) in [5.41, 5.74) is 14.2. The predicted molar refractivity (Wildman–Crippen MR) is 117 cm³/mol. The van der Waals surface area contributed by atoms with Gasteiger partial charge in [0.2, 0.25) is 5.56 Å². The molecule has 3 heterocycles. The minimum Gasteiger partial charge on any atom is -0.399 e. The molecule has 1 saturated heterocycles. The molecule has 0 radical (unpaired) electrons. The summed E-state index contributed by atoms with van der Waals surface area (Å²) in [6, 6.07) is 16.1. The summed E-state index contributed by atoms with van der Waals surface area (Å²) in [6.07, 6.45) is 0.821. The van der Waals surface area contributed by atoms with E-state index in [-0.39, 0.29) is 5.56 Å². The number of morpholine rings is 1. The first-order chi connectivity index (χ1) is 14.1. The third-order valence-corrected chi connectivity index (χ3v) is 5.80. The van der Waals surface area contributed by atoms with Gasteiger partial charge in [-0.25, -0.2) is 0 Å². The van der Waals surface area contributed by atoms with E-state index < -0.39 is 0 Å². The maximum Gasteiger partial charge on any atom is 0.250 e. The number of H-pyrrole nitrogens is 1. The first-order valence-corrected chi connectivity index (χ1v) is 9.91. The Kier molecular flexibility index (Phi) is 4.28. The maximum absolute atomic E-state index is 12.5. The van der Waals surface area contributed by atoms with E-state index in [1.807, 2.05) is 12.1 Å². The fourth-order valence-corrected chi connectivity index (χ4v) is 4.43. The highest BCUT2D eigenvalue weighted by Gasteiger charge is 2.24. The van der Waals surface area contributed by atoms with Crippen LogP contribution >= 0.6 is 0 Å². The number of anilines is 4. The van der Waals surface area contributed by atoms with Gasteiger partial charge in [-0.3, -0.25) is 4.79 Å². The molecule has 0 bridgehead atoms. The van der Waals surface area contributed by atoms with E-state index in [4.69, 9.17) is 10.5 Å². The van der Waals surface area contributed by atoms with Gasteiger partial charge >= 0.3 is 0 Å². The van der Waals surface area contributed by atoms with E-state index in [1.54, 1.807) is 6.07 Å². The first kappa shape index (κ1) is 17.8. The Morgan fingerprint density at radius 2 is 1.86 bits per heavy atom. The zero-order valence-corrected chi connectivity index (χ0v) is 16.4. The predicted octanol–water partition coefficient (Wildman–Crippen LogP) is 3.13. The van der Waals surface area contributed by atoms with Crippen molar-refractivity contribution in [2.75, 3.05) is 48.9 Å². The second-order valence-corrected chi connectivity index (χ2v) is 7.65. The smallest absolute Gasteiger partial charge is 0.250 e. The third kappa shape index (κ3) is 3.15. The van der Waals surface area contributed by atoms with Crippen molar-refractivity contribution in [3.8, 4) is 11.3 Å². The van der Waals surface area contributed by atoms with Gasteiger partial charge in [-0.05, 0) is 35.4 Å². The summed E-state index contributed by atoms with van der Waals surface area (Å²) < 4.78 is 5.45. The highest BCUT2D eigenvalue weighted by molar-refractivity contribution is 5.87. The number of aromatic amines is 1. The number of ether oxygens (including phenoxy) is 1. The maximum atomic E-state index is 12.5. The van der Waals surface area contributed by atoms with Crippen molar-refractivity contribution in [2.45, 2.75) is 6.42 Å². The summed E-state index contributed by atoms with van der Waals surface area (Å²) in [7, 11) is 2.07. The fourth-order valence-electron chi connectivity index (χ4n) is 4.43. The lowest BCUT2D eigenvalue weighted by molar-refractivity contribution is 0.122. The number of rotatable bonds is 2. The van der Waals surface area contributed by atoms with E-state index in [2.05, 4.69) is 52.2 Å². The topological polar surface area (TPSA) is 74.6 Å². The molecule has 0 amide bonds. The molecule has 0 unspecified atom stereocenters. The van der Waals surface area contributed by atoms with Crippen molar-refractivity contribution in [1.82, 2.24) is 4.98 Å². The molecule has 2 aromatic carbocycles. The van der Waals surface area contributed by atoms with Crippen molar-refractivity contribution in [3.63, 3.8) is 0 Å². The van der Waals surface area contributed by atoms with Gasteiger partial charge in [-0.2, -0.15) is 0 Å². The number of para-hydroxylation sites is 1. The van der Waals surface area contributed by atoms with Crippen molar-refractivity contribution in [3.05, 3.63) is 70.0 Å². The molecule has 2 aliphatic heterocycles. The second-order valence-electron chi connectivity index (χ2n) is 7.65. The minimum atomic E-state index is -0.0896. The number of hydrogen-bond acceptors (Lipinski definition) is 5. The Hall–Kier alpha value is -3.25. The molecule has 3 aromatic rings. The van der Waals surface area contributed by atoms with Gasteiger partial charge in [0.1, 0.15) is 0 Å². The van der Waals surface area contributed by atoms with Gasteiger partial charge in [0.05, 0.1) is 24.6 Å². The second kappa shape index (κ2) is 6.97. The van der Waals surface area contributed by atoms with Crippen molar-refractivity contribution < 1.29 is 4.74 Å². The Morgan fingerprint density at radius 3 is 2.69 bits per heavy atom. The molecule has 29 heavy (non-hydrogen) atoms. The van der Waals surface area contributed by atoms with Gasteiger partial charge in [-0.15, -0.1) is 0 Å². The van der Waals surface area contributed by atoms with Crippen LogP contribution in [0.4, 0.5) is 22.7 Å². The molecule has 3 N–H and O–H groups in total. The average molecular weight is 388 g/mol. The van der Waals surface area contributed by atoms with Crippen LogP contribution in [0.1, 0.15) is 11.1 Å². The number of benzene rings is 2. The number of nitrogens with one attached hydrogen (secondary N) is 1. The van der Waals surface area contributed by atoms with Crippen LogP contribution in [0.3, 0.4) is 0 Å². The summed E-state index contributed by atoms with van der Waals surface area (Å²) in [6.45, 7) is 2.96. The van der Waals surface area contributed by atoms with E-state index in [1.165, 1.54) is 11.1 Å². The van der Waals surface area contributed by atoms with Crippen molar-refractivity contribution in [1.29, 1.82) is 0 Å². The molecule has 1 aromatic heterocycles. The van der Waals surface area contributed by atoms with Gasteiger partial charge in [0.25, 0.3) is 0 Å². The van der Waals surface area contributed by atoms with Crippen molar-refractivity contribution in [2.24, 2.45) is 0 Å². The normalized spacial score (nSPS) is 15.8. The Balaban J connectivity index is 1.62. The van der Waals surface area contributed by atoms with E-state index in [9.17, 15) is 4.79 Å². The standard InChI is InChI=1S/C23H24N4O2/c1-26-21-6-5-17(24)12-16(21)11-15-3-2-4-19(23(15)26)20-13-18(14-22(28)25-20)27-7-9-29-10-8-27/h2-6,12-14H,7-11,24H2,1H3,(H,25,28). The van der Waals surface area contributed by atoms with Gasteiger partial charge < -0.3 is 25.3 Å². The van der Waals surface area contributed by atoms with E-state index >= 15 is 0 Å².